The quantitative estimate of drug-likeness (QED) is 0.772. The van der Waals surface area contributed by atoms with Crippen LogP contribution in [0.5, 0.6) is 11.8 Å². The molecule has 0 saturated carbocycles. The third-order valence-corrected chi connectivity index (χ3v) is 2.49. The number of nitrogens with one attached hydrogen (secondary N) is 1. The number of methoxy groups -OCH3 is 1. The average molecular weight is 263 g/mol. The Hall–Kier alpha value is -2.08. The van der Waals surface area contributed by atoms with Crippen molar-refractivity contribution in [2.24, 2.45) is 0 Å². The van der Waals surface area contributed by atoms with Gasteiger partial charge in [0, 0.05) is 12.2 Å². The van der Waals surface area contributed by atoms with Crippen molar-refractivity contribution in [1.82, 2.24) is 15.2 Å². The molecule has 0 unspecified atom stereocenters. The molecule has 0 bridgehead atoms. The largest absolute Gasteiger partial charge is 0.497 e. The molecule has 1 aromatic heterocycles. The molecule has 102 valence electrons. The Morgan fingerprint density at radius 3 is 2.63 bits per heavy atom. The maximum Gasteiger partial charge on any atom is 0.335 e. The first-order valence-electron chi connectivity index (χ1n) is 6.11. The van der Waals surface area contributed by atoms with E-state index in [-0.39, 0.29) is 0 Å². The summed E-state index contributed by atoms with van der Waals surface area (Å²) in [7, 11) is 1.63. The predicted octanol–water partition coefficient (Wildman–Crippen LogP) is 1.90. The average Bonchev–Trinajstić information content (AvgIpc) is 2.92. The molecule has 1 aromatic carbocycles. The second kappa shape index (κ2) is 6.75. The van der Waals surface area contributed by atoms with E-state index in [0.29, 0.717) is 31.7 Å². The summed E-state index contributed by atoms with van der Waals surface area (Å²) in [5, 5.41) is 6.82. The van der Waals surface area contributed by atoms with Crippen LogP contribution in [-0.2, 0) is 4.74 Å². The Bertz CT molecular complexity index is 496. The van der Waals surface area contributed by atoms with Crippen LogP contribution in [0.4, 0.5) is 0 Å². The molecule has 0 atom stereocenters. The SMILES string of the molecule is CCOCCOc1n[nH]c(-c2ccc(OC)cc2)n1. The van der Waals surface area contributed by atoms with Crippen LogP contribution >= 0.6 is 0 Å². The first-order valence-corrected chi connectivity index (χ1v) is 6.11. The zero-order chi connectivity index (χ0) is 13.5. The number of nitrogens with zero attached hydrogens (tertiary/aromatic N) is 2. The summed E-state index contributed by atoms with van der Waals surface area (Å²) >= 11 is 0. The third kappa shape index (κ3) is 3.69. The number of rotatable bonds is 7. The minimum absolute atomic E-state index is 0.325. The fourth-order valence-corrected chi connectivity index (χ4v) is 1.53. The van der Waals surface area contributed by atoms with Gasteiger partial charge < -0.3 is 14.2 Å². The van der Waals surface area contributed by atoms with Crippen molar-refractivity contribution in [2.45, 2.75) is 6.92 Å². The lowest BCUT2D eigenvalue weighted by molar-refractivity contribution is 0.106. The lowest BCUT2D eigenvalue weighted by Crippen LogP contribution is -2.07. The van der Waals surface area contributed by atoms with Gasteiger partial charge in [-0.2, -0.15) is 4.98 Å². The summed E-state index contributed by atoms with van der Waals surface area (Å²) in [6.45, 7) is 3.58. The van der Waals surface area contributed by atoms with E-state index in [1.807, 2.05) is 31.2 Å². The zero-order valence-electron chi connectivity index (χ0n) is 11.0. The van der Waals surface area contributed by atoms with Crippen molar-refractivity contribution in [3.05, 3.63) is 24.3 Å². The van der Waals surface area contributed by atoms with E-state index in [1.54, 1.807) is 7.11 Å². The molecule has 6 heteroatoms. The van der Waals surface area contributed by atoms with Crippen molar-refractivity contribution in [1.29, 1.82) is 0 Å². The second-order valence-corrected chi connectivity index (χ2v) is 3.74. The van der Waals surface area contributed by atoms with Crippen LogP contribution in [0.3, 0.4) is 0 Å². The molecule has 0 saturated heterocycles. The number of ether oxygens (including phenoxy) is 3. The molecule has 2 rings (SSSR count). The minimum atomic E-state index is 0.325. The van der Waals surface area contributed by atoms with Gasteiger partial charge in [0.15, 0.2) is 5.82 Å². The van der Waals surface area contributed by atoms with Crippen LogP contribution in [0, 0.1) is 0 Å². The molecule has 0 aliphatic carbocycles. The molecule has 1 heterocycles. The molecule has 0 aliphatic rings. The number of aromatic amines is 1. The maximum atomic E-state index is 5.35. The monoisotopic (exact) mass is 263 g/mol. The second-order valence-electron chi connectivity index (χ2n) is 3.74. The van der Waals surface area contributed by atoms with E-state index in [9.17, 15) is 0 Å². The summed E-state index contributed by atoms with van der Waals surface area (Å²) < 4.78 is 15.6. The fourth-order valence-electron chi connectivity index (χ4n) is 1.53. The molecule has 2 aromatic rings. The van der Waals surface area contributed by atoms with Crippen molar-refractivity contribution in [3.8, 4) is 23.1 Å². The zero-order valence-corrected chi connectivity index (χ0v) is 11.0. The third-order valence-electron chi connectivity index (χ3n) is 2.49. The highest BCUT2D eigenvalue weighted by Gasteiger charge is 2.06. The molecular weight excluding hydrogens is 246 g/mol. The Morgan fingerprint density at radius 2 is 1.95 bits per heavy atom. The molecule has 0 amide bonds. The van der Waals surface area contributed by atoms with Gasteiger partial charge in [-0.05, 0) is 31.2 Å². The Kier molecular flexibility index (Phi) is 4.74. The van der Waals surface area contributed by atoms with Gasteiger partial charge in [-0.3, -0.25) is 5.10 Å². The number of aromatic nitrogens is 3. The lowest BCUT2D eigenvalue weighted by Gasteiger charge is -2.01. The van der Waals surface area contributed by atoms with Crippen molar-refractivity contribution < 1.29 is 14.2 Å². The highest BCUT2D eigenvalue weighted by Crippen LogP contribution is 2.20. The molecule has 6 nitrogen and oxygen atoms in total. The van der Waals surface area contributed by atoms with Gasteiger partial charge in [-0.1, -0.05) is 0 Å². The lowest BCUT2D eigenvalue weighted by atomic mass is 10.2. The topological polar surface area (TPSA) is 69.3 Å². The van der Waals surface area contributed by atoms with Gasteiger partial charge in [-0.15, -0.1) is 5.10 Å². The standard InChI is InChI=1S/C13H17N3O3/c1-3-18-8-9-19-13-14-12(15-16-13)10-4-6-11(17-2)7-5-10/h4-7H,3,8-9H2,1-2H3,(H,14,15,16). The molecule has 0 fully saturated rings. The van der Waals surface area contributed by atoms with Gasteiger partial charge in [0.2, 0.25) is 0 Å². The van der Waals surface area contributed by atoms with E-state index < -0.39 is 0 Å². The van der Waals surface area contributed by atoms with Gasteiger partial charge in [0.05, 0.1) is 13.7 Å². The number of hydrogen-bond donors (Lipinski definition) is 1. The highest BCUT2D eigenvalue weighted by molar-refractivity contribution is 5.56. The molecule has 0 aliphatic heterocycles. The maximum absolute atomic E-state index is 5.35. The van der Waals surface area contributed by atoms with Crippen LogP contribution in [0.15, 0.2) is 24.3 Å². The minimum Gasteiger partial charge on any atom is -0.497 e. The number of H-pyrrole nitrogens is 1. The van der Waals surface area contributed by atoms with Crippen LogP contribution in [0.1, 0.15) is 6.92 Å². The van der Waals surface area contributed by atoms with Gasteiger partial charge >= 0.3 is 6.01 Å². The van der Waals surface area contributed by atoms with Crippen LogP contribution in [-0.4, -0.2) is 42.1 Å². The van der Waals surface area contributed by atoms with E-state index in [2.05, 4.69) is 15.2 Å². The van der Waals surface area contributed by atoms with Gasteiger partial charge in [-0.25, -0.2) is 0 Å². The molecule has 0 radical (unpaired) electrons. The summed E-state index contributed by atoms with van der Waals surface area (Å²) in [6, 6.07) is 7.87. The normalized spacial score (nSPS) is 10.4. The van der Waals surface area contributed by atoms with Gasteiger partial charge in [0.25, 0.3) is 0 Å². The Labute approximate surface area is 111 Å². The first kappa shape index (κ1) is 13.4. The van der Waals surface area contributed by atoms with Crippen molar-refractivity contribution in [3.63, 3.8) is 0 Å². The van der Waals surface area contributed by atoms with Crippen molar-refractivity contribution >= 4 is 0 Å². The van der Waals surface area contributed by atoms with E-state index >= 15 is 0 Å². The summed E-state index contributed by atoms with van der Waals surface area (Å²) in [4.78, 5) is 4.25. The van der Waals surface area contributed by atoms with E-state index in [4.69, 9.17) is 14.2 Å². The molecular formula is C13H17N3O3. The number of benzene rings is 1. The van der Waals surface area contributed by atoms with Gasteiger partial charge in [0.1, 0.15) is 12.4 Å². The summed E-state index contributed by atoms with van der Waals surface area (Å²) in [6.07, 6.45) is 0. The molecule has 1 N–H and O–H groups in total. The van der Waals surface area contributed by atoms with Crippen LogP contribution < -0.4 is 9.47 Å². The highest BCUT2D eigenvalue weighted by atomic mass is 16.5. The Balaban J connectivity index is 1.95. The number of hydrogen-bond acceptors (Lipinski definition) is 5. The molecule has 19 heavy (non-hydrogen) atoms. The Morgan fingerprint density at radius 1 is 1.16 bits per heavy atom. The van der Waals surface area contributed by atoms with Crippen LogP contribution in [0.25, 0.3) is 11.4 Å². The van der Waals surface area contributed by atoms with E-state index in [0.717, 1.165) is 11.3 Å². The smallest absolute Gasteiger partial charge is 0.335 e. The first-order chi connectivity index (χ1) is 9.33. The van der Waals surface area contributed by atoms with Crippen molar-refractivity contribution in [2.75, 3.05) is 26.9 Å². The summed E-state index contributed by atoms with van der Waals surface area (Å²) in [5.41, 5.74) is 0.924. The van der Waals surface area contributed by atoms with E-state index in [1.165, 1.54) is 0 Å². The summed E-state index contributed by atoms with van der Waals surface area (Å²) in [5.74, 6) is 1.46. The van der Waals surface area contributed by atoms with Crippen LogP contribution in [0.2, 0.25) is 0 Å². The fraction of sp³-hybridized carbons (Fsp3) is 0.385. The molecule has 0 spiro atoms. The predicted molar refractivity (Wildman–Crippen MR) is 70.4 cm³/mol.